The molecule has 26 heavy (non-hydrogen) atoms. The van der Waals surface area contributed by atoms with Gasteiger partial charge in [-0.3, -0.25) is 0 Å². The van der Waals surface area contributed by atoms with Gasteiger partial charge in [-0.05, 0) is 67.6 Å². The first kappa shape index (κ1) is 18.7. The van der Waals surface area contributed by atoms with Gasteiger partial charge in [-0.2, -0.15) is 0 Å². The Bertz CT molecular complexity index is 694. The summed E-state index contributed by atoms with van der Waals surface area (Å²) in [5.41, 5.74) is 4.73. The van der Waals surface area contributed by atoms with Crippen LogP contribution in [-0.2, 0) is 11.3 Å². The minimum Gasteiger partial charge on any atom is -0.396 e. The van der Waals surface area contributed by atoms with Crippen molar-refractivity contribution in [2.45, 2.75) is 44.9 Å². The van der Waals surface area contributed by atoms with Crippen molar-refractivity contribution in [2.24, 2.45) is 11.1 Å². The van der Waals surface area contributed by atoms with Gasteiger partial charge < -0.3 is 9.94 Å². The predicted octanol–water partition coefficient (Wildman–Crippen LogP) is 4.94. The monoisotopic (exact) mass is 351 g/mol. The van der Waals surface area contributed by atoms with E-state index in [2.05, 4.69) is 53.7 Å². The maximum absolute atomic E-state index is 9.30. The van der Waals surface area contributed by atoms with Crippen molar-refractivity contribution in [1.29, 1.82) is 0 Å². The van der Waals surface area contributed by atoms with Crippen LogP contribution in [-0.4, -0.2) is 24.0 Å². The van der Waals surface area contributed by atoms with Crippen LogP contribution in [0.4, 0.5) is 0 Å². The molecular formula is C23H29NO2. The summed E-state index contributed by atoms with van der Waals surface area (Å²) in [4.78, 5) is 5.49. The van der Waals surface area contributed by atoms with Gasteiger partial charge in [-0.1, -0.05) is 59.8 Å². The fourth-order valence-corrected chi connectivity index (χ4v) is 3.72. The second-order valence-corrected chi connectivity index (χ2v) is 7.28. The van der Waals surface area contributed by atoms with Gasteiger partial charge in [0, 0.05) is 6.61 Å². The summed E-state index contributed by atoms with van der Waals surface area (Å²) in [6.45, 7) is 2.94. The number of aryl methyl sites for hydroxylation is 1. The molecule has 0 bridgehead atoms. The van der Waals surface area contributed by atoms with E-state index in [9.17, 15) is 5.11 Å². The van der Waals surface area contributed by atoms with Crippen LogP contribution in [0, 0.1) is 5.92 Å². The molecule has 0 unspecified atom stereocenters. The van der Waals surface area contributed by atoms with Crippen molar-refractivity contribution >= 4 is 5.71 Å². The average Bonchev–Trinajstić information content (AvgIpc) is 3.18. The minimum atomic E-state index is 0.321. The summed E-state index contributed by atoms with van der Waals surface area (Å²) in [6.07, 6.45) is 5.41. The number of rotatable bonds is 8. The first-order valence-corrected chi connectivity index (χ1v) is 9.68. The molecule has 3 nitrogen and oxygen atoms in total. The summed E-state index contributed by atoms with van der Waals surface area (Å²) in [5.74, 6) is 1.07. The van der Waals surface area contributed by atoms with Crippen LogP contribution in [0.2, 0.25) is 0 Å². The molecule has 0 aromatic heterocycles. The van der Waals surface area contributed by atoms with Crippen LogP contribution in [0.5, 0.6) is 0 Å². The third kappa shape index (κ3) is 5.18. The molecular weight excluding hydrogens is 322 g/mol. The zero-order chi connectivity index (χ0) is 18.2. The highest BCUT2D eigenvalue weighted by atomic mass is 16.6. The van der Waals surface area contributed by atoms with Crippen LogP contribution < -0.4 is 0 Å². The Hall–Kier alpha value is -2.13. The van der Waals surface area contributed by atoms with Gasteiger partial charge >= 0.3 is 0 Å². The van der Waals surface area contributed by atoms with Gasteiger partial charge in [0.05, 0.1) is 5.71 Å². The SMILES string of the molecule is C/C(=N\OCCCc1ccccc1)c1ccc([C@@H]2CC[C@H](CO)C2)cc1. The molecule has 2 aromatic carbocycles. The van der Waals surface area contributed by atoms with Crippen molar-refractivity contribution < 1.29 is 9.94 Å². The fourth-order valence-electron chi connectivity index (χ4n) is 3.72. The van der Waals surface area contributed by atoms with Gasteiger partial charge in [0.15, 0.2) is 0 Å². The van der Waals surface area contributed by atoms with Crippen LogP contribution >= 0.6 is 0 Å². The molecule has 0 saturated heterocycles. The van der Waals surface area contributed by atoms with E-state index in [1.54, 1.807) is 0 Å². The van der Waals surface area contributed by atoms with Crippen LogP contribution in [0.3, 0.4) is 0 Å². The fraction of sp³-hybridized carbons (Fsp3) is 0.435. The Morgan fingerprint density at radius 3 is 2.54 bits per heavy atom. The molecule has 3 heteroatoms. The number of hydrogen-bond donors (Lipinski definition) is 1. The first-order valence-electron chi connectivity index (χ1n) is 9.68. The van der Waals surface area contributed by atoms with E-state index in [-0.39, 0.29) is 0 Å². The Morgan fingerprint density at radius 2 is 1.85 bits per heavy atom. The highest BCUT2D eigenvalue weighted by Gasteiger charge is 2.25. The largest absolute Gasteiger partial charge is 0.396 e. The number of aliphatic hydroxyl groups excluding tert-OH is 1. The summed E-state index contributed by atoms with van der Waals surface area (Å²) < 4.78 is 0. The quantitative estimate of drug-likeness (QED) is 0.416. The van der Waals surface area contributed by atoms with Crippen LogP contribution in [0.1, 0.15) is 55.2 Å². The molecule has 1 aliphatic rings. The lowest BCUT2D eigenvalue weighted by Gasteiger charge is -2.11. The van der Waals surface area contributed by atoms with Crippen molar-refractivity contribution in [3.8, 4) is 0 Å². The Balaban J connectivity index is 1.45. The summed E-state index contributed by atoms with van der Waals surface area (Å²) in [6, 6.07) is 19.1. The molecule has 1 saturated carbocycles. The number of aliphatic hydroxyl groups is 1. The Labute approximate surface area is 156 Å². The second-order valence-electron chi connectivity index (χ2n) is 7.28. The molecule has 0 radical (unpaired) electrons. The van der Waals surface area contributed by atoms with Crippen LogP contribution in [0.25, 0.3) is 0 Å². The Kier molecular flexibility index (Phi) is 6.84. The maximum Gasteiger partial charge on any atom is 0.117 e. The Morgan fingerprint density at radius 1 is 1.08 bits per heavy atom. The van der Waals surface area contributed by atoms with Crippen LogP contribution in [0.15, 0.2) is 59.8 Å². The molecule has 3 rings (SSSR count). The first-order chi connectivity index (χ1) is 12.8. The van der Waals surface area contributed by atoms with Crippen molar-refractivity contribution in [2.75, 3.05) is 13.2 Å². The van der Waals surface area contributed by atoms with Gasteiger partial charge in [0.25, 0.3) is 0 Å². The summed E-state index contributed by atoms with van der Waals surface area (Å²) in [7, 11) is 0. The van der Waals surface area contributed by atoms with E-state index in [4.69, 9.17) is 4.84 Å². The molecule has 0 aliphatic heterocycles. The summed E-state index contributed by atoms with van der Waals surface area (Å²) >= 11 is 0. The summed E-state index contributed by atoms with van der Waals surface area (Å²) in [5, 5.41) is 13.6. The topological polar surface area (TPSA) is 41.8 Å². The lowest BCUT2D eigenvalue weighted by Crippen LogP contribution is -2.01. The van der Waals surface area contributed by atoms with E-state index >= 15 is 0 Å². The number of nitrogens with zero attached hydrogens (tertiary/aromatic N) is 1. The smallest absolute Gasteiger partial charge is 0.117 e. The normalized spacial score (nSPS) is 20.3. The number of hydrogen-bond acceptors (Lipinski definition) is 3. The number of benzene rings is 2. The molecule has 2 aromatic rings. The van der Waals surface area contributed by atoms with E-state index in [0.29, 0.717) is 25.0 Å². The van der Waals surface area contributed by atoms with E-state index in [1.165, 1.54) is 17.5 Å². The van der Waals surface area contributed by atoms with Gasteiger partial charge in [-0.25, -0.2) is 0 Å². The molecule has 1 aliphatic carbocycles. The third-order valence-electron chi connectivity index (χ3n) is 5.34. The lowest BCUT2D eigenvalue weighted by atomic mass is 9.95. The van der Waals surface area contributed by atoms with Crippen molar-refractivity contribution in [3.63, 3.8) is 0 Å². The van der Waals surface area contributed by atoms with E-state index in [0.717, 1.165) is 37.0 Å². The molecule has 1 fully saturated rings. The minimum absolute atomic E-state index is 0.321. The standard InChI is InChI=1S/C23H29NO2/c1-18(24-26-15-5-8-19-6-3-2-4-7-19)21-11-13-22(14-12-21)23-10-9-20(16-23)17-25/h2-4,6-7,11-14,20,23,25H,5,8-10,15-17H2,1H3/b24-18+/t20-,23+/m0/s1. The van der Waals surface area contributed by atoms with E-state index < -0.39 is 0 Å². The van der Waals surface area contributed by atoms with Gasteiger partial charge in [0.2, 0.25) is 0 Å². The maximum atomic E-state index is 9.30. The van der Waals surface area contributed by atoms with Crippen molar-refractivity contribution in [3.05, 3.63) is 71.3 Å². The second kappa shape index (κ2) is 9.54. The molecule has 1 N–H and O–H groups in total. The van der Waals surface area contributed by atoms with Gasteiger partial charge in [-0.15, -0.1) is 0 Å². The highest BCUT2D eigenvalue weighted by molar-refractivity contribution is 5.98. The zero-order valence-corrected chi connectivity index (χ0v) is 15.6. The highest BCUT2D eigenvalue weighted by Crippen LogP contribution is 2.37. The lowest BCUT2D eigenvalue weighted by molar-refractivity contribution is 0.142. The molecule has 0 amide bonds. The third-order valence-corrected chi connectivity index (χ3v) is 5.34. The van der Waals surface area contributed by atoms with E-state index in [1.807, 2.05) is 13.0 Å². The predicted molar refractivity (Wildman–Crippen MR) is 107 cm³/mol. The van der Waals surface area contributed by atoms with Crippen molar-refractivity contribution in [1.82, 2.24) is 0 Å². The number of oxime groups is 1. The molecule has 0 spiro atoms. The van der Waals surface area contributed by atoms with Gasteiger partial charge in [0.1, 0.15) is 6.61 Å². The average molecular weight is 351 g/mol. The molecule has 2 atom stereocenters. The molecule has 138 valence electrons. The molecule has 0 heterocycles. The zero-order valence-electron chi connectivity index (χ0n) is 15.6.